The molecular formula is C36H41FN6O4. The molecule has 1 saturated heterocycles. The van der Waals surface area contributed by atoms with Gasteiger partial charge in [-0.2, -0.15) is 0 Å². The number of fused-ring (bicyclic) bond motifs is 1. The number of benzene rings is 2. The summed E-state index contributed by atoms with van der Waals surface area (Å²) in [5.41, 5.74) is 2.64. The van der Waals surface area contributed by atoms with Crippen LogP contribution in [-0.2, 0) is 6.54 Å². The molecule has 3 aliphatic rings. The number of halogens is 1. The Kier molecular flexibility index (Phi) is 8.92. The fourth-order valence-corrected chi connectivity index (χ4v) is 7.83. The van der Waals surface area contributed by atoms with Gasteiger partial charge in [-0.3, -0.25) is 19.2 Å². The van der Waals surface area contributed by atoms with Crippen molar-refractivity contribution in [2.24, 2.45) is 0 Å². The molecule has 11 heteroatoms. The number of carboxylic acid groups (broad SMARTS) is 1. The van der Waals surface area contributed by atoms with Crippen LogP contribution in [0.15, 0.2) is 70.4 Å². The van der Waals surface area contributed by atoms with Crippen LogP contribution in [0.5, 0.6) is 0 Å². The summed E-state index contributed by atoms with van der Waals surface area (Å²) in [5, 5.41) is 11.6. The molecule has 7 rings (SSSR count). The molecule has 47 heavy (non-hydrogen) atoms. The highest BCUT2D eigenvalue weighted by atomic mass is 19.1. The standard InChI is InChI=1S/C36H41FN6O4/c37-27-21-32-33(38-22-27)42(36(47)43(34(32)44)30-14-12-28(13-15-30)39-35(45)46)31-7-3-4-26(20-31)25-10-8-24(9-11-25)23-40-16-18-41(19-17-40)29-5-1-2-6-29/h3-4,7-11,20-22,28-30,39H,1-2,5-6,12-19,23H2,(H,45,46). The maximum absolute atomic E-state index is 14.4. The Morgan fingerprint density at radius 2 is 1.60 bits per heavy atom. The van der Waals surface area contributed by atoms with E-state index in [1.54, 1.807) is 6.07 Å². The Bertz CT molecular complexity index is 1870. The van der Waals surface area contributed by atoms with Gasteiger partial charge in [-0.05, 0) is 73.4 Å². The number of rotatable bonds is 7. The van der Waals surface area contributed by atoms with Crippen LogP contribution < -0.4 is 16.6 Å². The van der Waals surface area contributed by atoms with E-state index in [0.29, 0.717) is 31.4 Å². The number of aromatic nitrogens is 3. The first-order valence-corrected chi connectivity index (χ1v) is 16.8. The highest BCUT2D eigenvalue weighted by molar-refractivity contribution is 5.76. The molecule has 1 amide bonds. The average Bonchev–Trinajstić information content (AvgIpc) is 3.62. The van der Waals surface area contributed by atoms with Crippen LogP contribution in [0.3, 0.4) is 0 Å². The third-order valence-electron chi connectivity index (χ3n) is 10.3. The molecular weight excluding hydrogens is 599 g/mol. The first kappa shape index (κ1) is 31.3. The summed E-state index contributed by atoms with van der Waals surface area (Å²) < 4.78 is 17.0. The van der Waals surface area contributed by atoms with Gasteiger partial charge in [0.15, 0.2) is 5.65 Å². The van der Waals surface area contributed by atoms with Crippen molar-refractivity contribution in [1.82, 2.24) is 29.2 Å². The Balaban J connectivity index is 1.14. The molecule has 3 fully saturated rings. The number of hydrogen-bond donors (Lipinski definition) is 2. The lowest BCUT2D eigenvalue weighted by atomic mass is 9.91. The van der Waals surface area contributed by atoms with Crippen molar-refractivity contribution in [1.29, 1.82) is 0 Å². The van der Waals surface area contributed by atoms with Crippen LogP contribution in [0.2, 0.25) is 0 Å². The van der Waals surface area contributed by atoms with Gasteiger partial charge in [0.2, 0.25) is 0 Å². The summed E-state index contributed by atoms with van der Waals surface area (Å²) in [7, 11) is 0. The molecule has 246 valence electrons. The van der Waals surface area contributed by atoms with E-state index in [0.717, 1.165) is 62.2 Å². The lowest BCUT2D eigenvalue weighted by molar-refractivity contribution is 0.0937. The van der Waals surface area contributed by atoms with E-state index in [1.807, 2.05) is 18.2 Å². The summed E-state index contributed by atoms with van der Waals surface area (Å²) in [6.07, 6.45) is 7.22. The van der Waals surface area contributed by atoms with E-state index in [2.05, 4.69) is 44.4 Å². The van der Waals surface area contributed by atoms with Gasteiger partial charge in [0.25, 0.3) is 5.56 Å². The first-order chi connectivity index (χ1) is 22.8. The zero-order valence-corrected chi connectivity index (χ0v) is 26.5. The summed E-state index contributed by atoms with van der Waals surface area (Å²) >= 11 is 0. The molecule has 3 heterocycles. The summed E-state index contributed by atoms with van der Waals surface area (Å²) in [5.74, 6) is -0.662. The second-order valence-electron chi connectivity index (χ2n) is 13.3. The molecule has 0 unspecified atom stereocenters. The number of hydrogen-bond acceptors (Lipinski definition) is 6. The molecule has 0 radical (unpaired) electrons. The fourth-order valence-electron chi connectivity index (χ4n) is 7.83. The van der Waals surface area contributed by atoms with Crippen LogP contribution in [0, 0.1) is 5.82 Å². The molecule has 2 saturated carbocycles. The molecule has 0 spiro atoms. The Labute approximate surface area is 272 Å². The van der Waals surface area contributed by atoms with Gasteiger partial charge < -0.3 is 10.4 Å². The Hall–Kier alpha value is -4.35. The average molecular weight is 641 g/mol. The van der Waals surface area contributed by atoms with Gasteiger partial charge in [-0.1, -0.05) is 49.2 Å². The van der Waals surface area contributed by atoms with Gasteiger partial charge in [0, 0.05) is 50.8 Å². The molecule has 10 nitrogen and oxygen atoms in total. The number of pyridine rings is 1. The van der Waals surface area contributed by atoms with Crippen molar-refractivity contribution in [2.45, 2.75) is 76.0 Å². The molecule has 0 atom stereocenters. The number of carbonyl (C=O) groups is 1. The van der Waals surface area contributed by atoms with Gasteiger partial charge in [0.05, 0.1) is 17.3 Å². The number of nitrogens with zero attached hydrogens (tertiary/aromatic N) is 5. The van der Waals surface area contributed by atoms with Crippen LogP contribution in [0.25, 0.3) is 27.8 Å². The van der Waals surface area contributed by atoms with Gasteiger partial charge in [0.1, 0.15) is 5.82 Å². The van der Waals surface area contributed by atoms with Crippen molar-refractivity contribution in [3.05, 3.63) is 93.0 Å². The van der Waals surface area contributed by atoms with Crippen LogP contribution in [0.1, 0.15) is 63.0 Å². The number of piperazine rings is 1. The Morgan fingerprint density at radius 3 is 2.30 bits per heavy atom. The van der Waals surface area contributed by atoms with Crippen molar-refractivity contribution in [3.8, 4) is 16.8 Å². The molecule has 1 aliphatic heterocycles. The van der Waals surface area contributed by atoms with Crippen molar-refractivity contribution < 1.29 is 14.3 Å². The van der Waals surface area contributed by atoms with Crippen molar-refractivity contribution in [2.75, 3.05) is 26.2 Å². The van der Waals surface area contributed by atoms with Gasteiger partial charge in [-0.25, -0.2) is 23.5 Å². The monoisotopic (exact) mass is 640 g/mol. The maximum Gasteiger partial charge on any atom is 0.404 e. The first-order valence-electron chi connectivity index (χ1n) is 16.8. The fraction of sp³-hybridized carbons (Fsp3) is 0.444. The summed E-state index contributed by atoms with van der Waals surface area (Å²) in [6, 6.07) is 17.3. The minimum atomic E-state index is -1.09. The van der Waals surface area contributed by atoms with E-state index in [9.17, 15) is 18.8 Å². The van der Waals surface area contributed by atoms with E-state index < -0.39 is 29.2 Å². The molecule has 2 aromatic heterocycles. The van der Waals surface area contributed by atoms with Crippen LogP contribution in [-0.4, -0.2) is 73.4 Å². The summed E-state index contributed by atoms with van der Waals surface area (Å²) in [6.45, 7) is 5.37. The quantitative estimate of drug-likeness (QED) is 0.287. The molecule has 0 bridgehead atoms. The van der Waals surface area contributed by atoms with E-state index in [1.165, 1.54) is 40.4 Å². The second-order valence-corrected chi connectivity index (χ2v) is 13.3. The van der Waals surface area contributed by atoms with E-state index in [4.69, 9.17) is 5.11 Å². The third-order valence-corrected chi connectivity index (χ3v) is 10.3. The Morgan fingerprint density at radius 1 is 0.872 bits per heavy atom. The molecule has 4 aromatic rings. The van der Waals surface area contributed by atoms with Gasteiger partial charge >= 0.3 is 11.8 Å². The largest absolute Gasteiger partial charge is 0.465 e. The SMILES string of the molecule is O=C(O)NC1CCC(n2c(=O)c3cc(F)cnc3n(-c3cccc(-c4ccc(CN5CCN(C6CCCC6)CC5)cc4)c3)c2=O)CC1. The molecule has 2 N–H and O–H groups in total. The topological polar surface area (TPSA) is 113 Å². The zero-order valence-electron chi connectivity index (χ0n) is 26.5. The van der Waals surface area contributed by atoms with E-state index in [-0.39, 0.29) is 17.1 Å². The zero-order chi connectivity index (χ0) is 32.5. The highest BCUT2D eigenvalue weighted by Crippen LogP contribution is 2.29. The minimum absolute atomic E-state index is 0.0224. The van der Waals surface area contributed by atoms with Crippen molar-refractivity contribution in [3.63, 3.8) is 0 Å². The van der Waals surface area contributed by atoms with Crippen LogP contribution in [0.4, 0.5) is 9.18 Å². The maximum atomic E-state index is 14.4. The second kappa shape index (κ2) is 13.4. The molecule has 2 aliphatic carbocycles. The van der Waals surface area contributed by atoms with E-state index >= 15 is 0 Å². The van der Waals surface area contributed by atoms with Crippen molar-refractivity contribution >= 4 is 17.1 Å². The number of nitrogens with one attached hydrogen (secondary N) is 1. The smallest absolute Gasteiger partial charge is 0.404 e. The lowest BCUT2D eigenvalue weighted by Crippen LogP contribution is -2.49. The van der Waals surface area contributed by atoms with Crippen LogP contribution >= 0.6 is 0 Å². The van der Waals surface area contributed by atoms with Gasteiger partial charge in [-0.15, -0.1) is 0 Å². The summed E-state index contributed by atoms with van der Waals surface area (Å²) in [4.78, 5) is 48.2. The lowest BCUT2D eigenvalue weighted by Gasteiger charge is -2.38. The normalized spacial score (nSPS) is 21.3. The highest BCUT2D eigenvalue weighted by Gasteiger charge is 2.28. The third kappa shape index (κ3) is 6.59. The predicted octanol–water partition coefficient (Wildman–Crippen LogP) is 5.17. The molecule has 2 aromatic carbocycles. The minimum Gasteiger partial charge on any atom is -0.465 e. The number of amides is 1. The predicted molar refractivity (Wildman–Crippen MR) is 179 cm³/mol.